The number of carbonyl (C=O) groups excluding carboxylic acids is 1. The monoisotopic (exact) mass is 424 g/mol. The SMILES string of the molecule is COc1ccc(C(CO)N(C)CC(=O)Nc2c(C#N)c(C)c(C)n2C2CCCC2)cc1. The highest BCUT2D eigenvalue weighted by atomic mass is 16.5. The summed E-state index contributed by atoms with van der Waals surface area (Å²) in [4.78, 5) is 14.8. The van der Waals surface area contributed by atoms with E-state index in [1.807, 2.05) is 50.1 Å². The Labute approximate surface area is 184 Å². The third-order valence-corrected chi connectivity index (χ3v) is 6.41. The molecule has 1 fully saturated rings. The first kappa shape index (κ1) is 22.9. The largest absolute Gasteiger partial charge is 0.497 e. The third-order valence-electron chi connectivity index (χ3n) is 6.41. The summed E-state index contributed by atoms with van der Waals surface area (Å²) in [7, 11) is 3.41. The highest BCUT2D eigenvalue weighted by molar-refractivity contribution is 5.93. The number of amides is 1. The molecular formula is C24H32N4O3. The lowest BCUT2D eigenvalue weighted by atomic mass is 10.1. The Morgan fingerprint density at radius 1 is 1.32 bits per heavy atom. The predicted molar refractivity (Wildman–Crippen MR) is 120 cm³/mol. The Bertz CT molecular complexity index is 953. The van der Waals surface area contributed by atoms with E-state index in [-0.39, 0.29) is 25.1 Å². The molecule has 1 heterocycles. The van der Waals surface area contributed by atoms with Crippen molar-refractivity contribution in [1.82, 2.24) is 9.47 Å². The standard InChI is InChI=1S/C24H32N4O3/c1-16-17(2)28(19-7-5-6-8-19)24(21(16)13-25)26-23(30)14-27(3)22(15-29)18-9-11-20(31-4)12-10-18/h9-12,19,22,29H,5-8,14-15H2,1-4H3,(H,26,30). The summed E-state index contributed by atoms with van der Waals surface area (Å²) in [5.41, 5.74) is 3.40. The fourth-order valence-electron chi connectivity index (χ4n) is 4.54. The van der Waals surface area contributed by atoms with E-state index >= 15 is 0 Å². The van der Waals surface area contributed by atoms with Crippen molar-refractivity contribution in [2.75, 3.05) is 32.6 Å². The molecule has 0 aliphatic heterocycles. The molecule has 1 amide bonds. The summed E-state index contributed by atoms with van der Waals surface area (Å²) in [5.74, 6) is 1.14. The van der Waals surface area contributed by atoms with Crippen molar-refractivity contribution in [2.45, 2.75) is 51.6 Å². The summed E-state index contributed by atoms with van der Waals surface area (Å²) in [6.07, 6.45) is 4.46. The number of nitriles is 1. The first-order valence-corrected chi connectivity index (χ1v) is 10.8. The molecule has 1 aliphatic carbocycles. The van der Waals surface area contributed by atoms with Crippen molar-refractivity contribution in [3.05, 3.63) is 46.6 Å². The molecule has 1 saturated carbocycles. The molecule has 1 unspecified atom stereocenters. The molecule has 2 N–H and O–H groups in total. The van der Waals surface area contributed by atoms with Crippen LogP contribution in [0.25, 0.3) is 0 Å². The van der Waals surface area contributed by atoms with Gasteiger partial charge >= 0.3 is 0 Å². The third kappa shape index (κ3) is 4.76. The molecule has 31 heavy (non-hydrogen) atoms. The zero-order valence-electron chi connectivity index (χ0n) is 18.8. The van der Waals surface area contributed by atoms with Crippen LogP contribution >= 0.6 is 0 Å². The molecule has 7 heteroatoms. The van der Waals surface area contributed by atoms with Gasteiger partial charge in [-0.25, -0.2) is 0 Å². The number of ether oxygens (including phenoxy) is 1. The smallest absolute Gasteiger partial charge is 0.239 e. The molecule has 0 spiro atoms. The summed E-state index contributed by atoms with van der Waals surface area (Å²) >= 11 is 0. The zero-order valence-corrected chi connectivity index (χ0v) is 18.8. The number of anilines is 1. The average molecular weight is 425 g/mol. The molecule has 2 aromatic rings. The van der Waals surface area contributed by atoms with E-state index in [1.54, 1.807) is 7.11 Å². The van der Waals surface area contributed by atoms with Crippen LogP contribution in [0.15, 0.2) is 24.3 Å². The topological polar surface area (TPSA) is 90.5 Å². The van der Waals surface area contributed by atoms with Crippen LogP contribution in [0.1, 0.15) is 60.2 Å². The Kier molecular flexibility index (Phi) is 7.37. The maximum atomic E-state index is 13.0. The maximum absolute atomic E-state index is 13.0. The van der Waals surface area contributed by atoms with Crippen molar-refractivity contribution in [3.8, 4) is 11.8 Å². The minimum absolute atomic E-state index is 0.0933. The molecule has 1 aromatic carbocycles. The molecule has 1 aliphatic rings. The summed E-state index contributed by atoms with van der Waals surface area (Å²) in [6, 6.07) is 9.73. The number of benzene rings is 1. The van der Waals surface area contributed by atoms with Crippen LogP contribution in [-0.2, 0) is 4.79 Å². The highest BCUT2D eigenvalue weighted by Crippen LogP contribution is 2.37. The molecule has 0 saturated heterocycles. The Morgan fingerprint density at radius 2 is 1.97 bits per heavy atom. The number of carbonyl (C=O) groups is 1. The van der Waals surface area contributed by atoms with E-state index in [0.717, 1.165) is 35.4 Å². The number of rotatable bonds is 8. The van der Waals surface area contributed by atoms with Crippen LogP contribution in [0.2, 0.25) is 0 Å². The summed E-state index contributed by atoms with van der Waals surface area (Å²) < 4.78 is 7.34. The Morgan fingerprint density at radius 3 is 2.52 bits per heavy atom. The van der Waals surface area contributed by atoms with Crippen LogP contribution in [0.5, 0.6) is 5.75 Å². The molecule has 7 nitrogen and oxygen atoms in total. The van der Waals surface area contributed by atoms with Gasteiger partial charge in [-0.3, -0.25) is 9.69 Å². The molecule has 0 bridgehead atoms. The van der Waals surface area contributed by atoms with Crippen molar-refractivity contribution >= 4 is 11.7 Å². The van der Waals surface area contributed by atoms with E-state index < -0.39 is 0 Å². The fraction of sp³-hybridized carbons (Fsp3) is 0.500. The van der Waals surface area contributed by atoms with Crippen molar-refractivity contribution in [2.24, 2.45) is 0 Å². The lowest BCUT2D eigenvalue weighted by Gasteiger charge is -2.27. The summed E-state index contributed by atoms with van der Waals surface area (Å²) in [5, 5.41) is 22.7. The van der Waals surface area contributed by atoms with Gasteiger partial charge in [-0.1, -0.05) is 25.0 Å². The van der Waals surface area contributed by atoms with E-state index in [4.69, 9.17) is 4.74 Å². The minimum atomic E-state index is -0.322. The van der Waals surface area contributed by atoms with Crippen LogP contribution in [0.3, 0.4) is 0 Å². The first-order chi connectivity index (χ1) is 14.9. The van der Waals surface area contributed by atoms with Crippen LogP contribution in [-0.4, -0.2) is 47.8 Å². The van der Waals surface area contributed by atoms with Gasteiger partial charge in [-0.15, -0.1) is 0 Å². The van der Waals surface area contributed by atoms with Gasteiger partial charge in [0.2, 0.25) is 5.91 Å². The van der Waals surface area contributed by atoms with Gasteiger partial charge in [-0.2, -0.15) is 5.26 Å². The van der Waals surface area contributed by atoms with Gasteiger partial charge in [0.15, 0.2) is 0 Å². The number of aliphatic hydroxyl groups excluding tert-OH is 1. The molecule has 0 radical (unpaired) electrons. The maximum Gasteiger partial charge on any atom is 0.239 e. The van der Waals surface area contributed by atoms with E-state index in [2.05, 4.69) is 16.0 Å². The van der Waals surface area contributed by atoms with Crippen LogP contribution in [0.4, 0.5) is 5.82 Å². The lowest BCUT2D eigenvalue weighted by molar-refractivity contribution is -0.117. The number of aromatic nitrogens is 1. The minimum Gasteiger partial charge on any atom is -0.497 e. The molecular weight excluding hydrogens is 392 g/mol. The number of methoxy groups -OCH3 is 1. The van der Waals surface area contributed by atoms with Crippen molar-refractivity contribution < 1.29 is 14.6 Å². The van der Waals surface area contributed by atoms with E-state index in [9.17, 15) is 15.2 Å². The predicted octanol–water partition coefficient (Wildman–Crippen LogP) is 3.70. The quantitative estimate of drug-likeness (QED) is 0.674. The van der Waals surface area contributed by atoms with Gasteiger partial charge < -0.3 is 19.7 Å². The van der Waals surface area contributed by atoms with Gasteiger partial charge in [-0.05, 0) is 57.0 Å². The number of likely N-dealkylation sites (N-methyl/N-ethyl adjacent to an activating group) is 1. The second kappa shape index (κ2) is 9.99. The van der Waals surface area contributed by atoms with Crippen LogP contribution < -0.4 is 10.1 Å². The first-order valence-electron chi connectivity index (χ1n) is 10.8. The van der Waals surface area contributed by atoms with E-state index in [0.29, 0.717) is 17.4 Å². The number of nitrogens with one attached hydrogen (secondary N) is 1. The van der Waals surface area contributed by atoms with Gasteiger partial charge in [0, 0.05) is 11.7 Å². The average Bonchev–Trinajstić information content (AvgIpc) is 3.36. The molecule has 1 atom stereocenters. The summed E-state index contributed by atoms with van der Waals surface area (Å²) in [6.45, 7) is 3.93. The van der Waals surface area contributed by atoms with Crippen LogP contribution in [0, 0.1) is 25.2 Å². The highest BCUT2D eigenvalue weighted by Gasteiger charge is 2.27. The van der Waals surface area contributed by atoms with Crippen molar-refractivity contribution in [3.63, 3.8) is 0 Å². The second-order valence-corrected chi connectivity index (χ2v) is 8.29. The van der Waals surface area contributed by atoms with Crippen molar-refractivity contribution in [1.29, 1.82) is 5.26 Å². The van der Waals surface area contributed by atoms with E-state index in [1.165, 1.54) is 12.8 Å². The fourth-order valence-corrected chi connectivity index (χ4v) is 4.54. The normalized spacial score (nSPS) is 15.1. The second-order valence-electron chi connectivity index (χ2n) is 8.29. The Balaban J connectivity index is 1.78. The molecule has 3 rings (SSSR count). The number of nitrogens with zero attached hydrogens (tertiary/aromatic N) is 3. The number of aliphatic hydroxyl groups is 1. The number of hydrogen-bond acceptors (Lipinski definition) is 5. The zero-order chi connectivity index (χ0) is 22.5. The Hall–Kier alpha value is -2.82. The molecule has 166 valence electrons. The van der Waals surface area contributed by atoms with Gasteiger partial charge in [0.05, 0.1) is 31.9 Å². The number of hydrogen-bond donors (Lipinski definition) is 2. The molecule has 1 aromatic heterocycles. The van der Waals surface area contributed by atoms with Gasteiger partial charge in [0.1, 0.15) is 17.6 Å². The lowest BCUT2D eigenvalue weighted by Crippen LogP contribution is -2.35. The van der Waals surface area contributed by atoms with Gasteiger partial charge in [0.25, 0.3) is 0 Å².